The van der Waals surface area contributed by atoms with Crippen LogP contribution >= 0.6 is 0 Å². The van der Waals surface area contributed by atoms with Crippen molar-refractivity contribution in [3.63, 3.8) is 0 Å². The quantitative estimate of drug-likeness (QED) is 0.515. The lowest BCUT2D eigenvalue weighted by molar-refractivity contribution is 0.0220. The van der Waals surface area contributed by atoms with E-state index in [1.807, 2.05) is 0 Å². The Morgan fingerprint density at radius 1 is 1.36 bits per heavy atom. The monoisotopic (exact) mass is 151 g/mol. The van der Waals surface area contributed by atoms with E-state index in [0.29, 0.717) is 5.56 Å². The molecule has 3 heteroatoms. The lowest BCUT2D eigenvalue weighted by atomic mass is 10.1. The van der Waals surface area contributed by atoms with Crippen molar-refractivity contribution in [2.24, 2.45) is 0 Å². The summed E-state index contributed by atoms with van der Waals surface area (Å²) < 4.78 is 12.6. The first-order valence-electron chi connectivity index (χ1n) is 3.34. The van der Waals surface area contributed by atoms with Crippen LogP contribution < -0.4 is 0 Å². The molecule has 0 fully saturated rings. The molecule has 0 radical (unpaired) electrons. The van der Waals surface area contributed by atoms with Crippen molar-refractivity contribution in [1.82, 2.24) is 5.12 Å². The van der Waals surface area contributed by atoms with Gasteiger partial charge in [0.2, 0.25) is 0 Å². The zero-order valence-electron chi connectivity index (χ0n) is 5.75. The summed E-state index contributed by atoms with van der Waals surface area (Å²) in [4.78, 5) is 10.9. The normalized spacial score (nSPS) is 15.4. The Kier molecular flexibility index (Phi) is 1.18. The highest BCUT2D eigenvalue weighted by atomic mass is 19.2. The number of carbonyl (C=O) groups is 1. The Balaban J connectivity index is 2.55. The number of rotatable bonds is 0. The Hall–Kier alpha value is -1.38. The van der Waals surface area contributed by atoms with Crippen molar-refractivity contribution in [1.29, 1.82) is 0 Å². The van der Waals surface area contributed by atoms with E-state index in [1.165, 1.54) is 0 Å². The standard InChI is InChI=1S/C8H6FNO/c9-10-5-6-3-1-2-4-7(6)8(10)11/h1-4H,5H2. The minimum atomic E-state index is -0.527. The summed E-state index contributed by atoms with van der Waals surface area (Å²) >= 11 is 0. The van der Waals surface area contributed by atoms with Crippen LogP contribution in [0.3, 0.4) is 0 Å². The van der Waals surface area contributed by atoms with Gasteiger partial charge in [0.25, 0.3) is 5.91 Å². The summed E-state index contributed by atoms with van der Waals surface area (Å²) in [5, 5.41) is 0.227. The summed E-state index contributed by atoms with van der Waals surface area (Å²) in [5.41, 5.74) is 1.25. The van der Waals surface area contributed by atoms with Crippen LogP contribution in [0.15, 0.2) is 24.3 Å². The van der Waals surface area contributed by atoms with E-state index in [4.69, 9.17) is 0 Å². The van der Waals surface area contributed by atoms with Crippen LogP contribution in [0.5, 0.6) is 0 Å². The predicted octanol–water partition coefficient (Wildman–Crippen LogP) is 1.53. The maximum atomic E-state index is 12.6. The smallest absolute Gasteiger partial charge is 0.266 e. The Morgan fingerprint density at radius 3 is 2.82 bits per heavy atom. The van der Waals surface area contributed by atoms with Crippen molar-refractivity contribution < 1.29 is 9.28 Å². The van der Waals surface area contributed by atoms with Crippen LogP contribution in [-0.2, 0) is 6.54 Å². The maximum absolute atomic E-state index is 12.6. The fourth-order valence-corrected chi connectivity index (χ4v) is 1.22. The summed E-state index contributed by atoms with van der Waals surface area (Å²) in [5.74, 6) is -0.527. The molecule has 2 rings (SSSR count). The van der Waals surface area contributed by atoms with E-state index in [1.54, 1.807) is 24.3 Å². The average molecular weight is 151 g/mol. The molecular formula is C8H6FNO. The molecule has 56 valence electrons. The number of carbonyl (C=O) groups excluding carboxylic acids is 1. The van der Waals surface area contributed by atoms with Gasteiger partial charge in [-0.15, -0.1) is 0 Å². The zero-order valence-corrected chi connectivity index (χ0v) is 5.75. The Bertz CT molecular complexity index is 311. The van der Waals surface area contributed by atoms with Crippen molar-refractivity contribution >= 4 is 5.91 Å². The van der Waals surface area contributed by atoms with Gasteiger partial charge in [-0.1, -0.05) is 22.7 Å². The Labute approximate surface area is 63.2 Å². The number of nitrogens with zero attached hydrogens (tertiary/aromatic N) is 1. The minimum Gasteiger partial charge on any atom is -0.266 e. The largest absolute Gasteiger partial charge is 0.282 e. The van der Waals surface area contributed by atoms with Crippen LogP contribution in [0.25, 0.3) is 0 Å². The molecule has 2 nitrogen and oxygen atoms in total. The number of amides is 1. The third-order valence-corrected chi connectivity index (χ3v) is 1.78. The topological polar surface area (TPSA) is 20.3 Å². The van der Waals surface area contributed by atoms with Crippen LogP contribution in [0.2, 0.25) is 0 Å². The van der Waals surface area contributed by atoms with Crippen LogP contribution in [0.1, 0.15) is 15.9 Å². The first-order valence-corrected chi connectivity index (χ1v) is 3.34. The highest BCUT2D eigenvalue weighted by Gasteiger charge is 2.26. The molecule has 1 aromatic carbocycles. The number of hydrogen-bond donors (Lipinski definition) is 0. The summed E-state index contributed by atoms with van der Waals surface area (Å²) in [6.07, 6.45) is 0. The molecule has 1 heterocycles. The molecule has 0 unspecified atom stereocenters. The molecule has 0 saturated carbocycles. The van der Waals surface area contributed by atoms with Gasteiger partial charge in [-0.05, 0) is 11.6 Å². The molecule has 0 aliphatic carbocycles. The van der Waals surface area contributed by atoms with Gasteiger partial charge in [-0.25, -0.2) is 0 Å². The zero-order chi connectivity index (χ0) is 7.84. The van der Waals surface area contributed by atoms with E-state index in [0.717, 1.165) is 5.56 Å². The highest BCUT2D eigenvalue weighted by Crippen LogP contribution is 2.21. The second-order valence-electron chi connectivity index (χ2n) is 2.48. The van der Waals surface area contributed by atoms with Gasteiger partial charge in [0.15, 0.2) is 0 Å². The molecule has 1 aliphatic heterocycles. The van der Waals surface area contributed by atoms with Gasteiger partial charge in [-0.2, -0.15) is 5.12 Å². The molecule has 0 aromatic heterocycles. The third-order valence-electron chi connectivity index (χ3n) is 1.78. The number of fused-ring (bicyclic) bond motifs is 1. The SMILES string of the molecule is O=C1c2ccccc2CN1F. The molecule has 0 saturated heterocycles. The van der Waals surface area contributed by atoms with E-state index in [2.05, 4.69) is 0 Å². The Morgan fingerprint density at radius 2 is 2.09 bits per heavy atom. The van der Waals surface area contributed by atoms with Gasteiger partial charge < -0.3 is 0 Å². The summed E-state index contributed by atoms with van der Waals surface area (Å²) in [6, 6.07) is 6.92. The van der Waals surface area contributed by atoms with Gasteiger partial charge in [0.05, 0.1) is 6.54 Å². The van der Waals surface area contributed by atoms with Crippen LogP contribution in [0, 0.1) is 0 Å². The molecule has 1 amide bonds. The van der Waals surface area contributed by atoms with E-state index in [-0.39, 0.29) is 11.7 Å². The molecule has 0 spiro atoms. The number of benzene rings is 1. The molecular weight excluding hydrogens is 145 g/mol. The van der Waals surface area contributed by atoms with Crippen LogP contribution in [0.4, 0.5) is 4.48 Å². The average Bonchev–Trinajstić information content (AvgIpc) is 2.30. The van der Waals surface area contributed by atoms with Gasteiger partial charge in [0.1, 0.15) is 0 Å². The fraction of sp³-hybridized carbons (Fsp3) is 0.125. The lowest BCUT2D eigenvalue weighted by Crippen LogP contribution is -2.12. The second kappa shape index (κ2) is 2.05. The van der Waals surface area contributed by atoms with E-state index >= 15 is 0 Å². The number of hydrogen-bond acceptors (Lipinski definition) is 1. The number of halogens is 1. The van der Waals surface area contributed by atoms with Crippen molar-refractivity contribution in [3.05, 3.63) is 35.4 Å². The minimum absolute atomic E-state index is 0.0923. The van der Waals surface area contributed by atoms with Gasteiger partial charge >= 0.3 is 0 Å². The van der Waals surface area contributed by atoms with E-state index < -0.39 is 5.91 Å². The highest BCUT2D eigenvalue weighted by molar-refractivity contribution is 5.97. The van der Waals surface area contributed by atoms with E-state index in [9.17, 15) is 9.28 Å². The third kappa shape index (κ3) is 0.808. The van der Waals surface area contributed by atoms with Gasteiger partial charge in [0, 0.05) is 5.56 Å². The van der Waals surface area contributed by atoms with Crippen molar-refractivity contribution in [2.75, 3.05) is 0 Å². The predicted molar refractivity (Wildman–Crippen MR) is 37.4 cm³/mol. The van der Waals surface area contributed by atoms with Gasteiger partial charge in [-0.3, -0.25) is 4.79 Å². The summed E-state index contributed by atoms with van der Waals surface area (Å²) in [6.45, 7) is 0.0923. The first-order chi connectivity index (χ1) is 5.29. The maximum Gasteiger partial charge on any atom is 0.282 e. The van der Waals surface area contributed by atoms with Crippen molar-refractivity contribution in [3.8, 4) is 0 Å². The molecule has 0 N–H and O–H groups in total. The molecule has 0 bridgehead atoms. The molecule has 11 heavy (non-hydrogen) atoms. The second-order valence-corrected chi connectivity index (χ2v) is 2.48. The molecule has 1 aliphatic rings. The fourth-order valence-electron chi connectivity index (χ4n) is 1.22. The lowest BCUT2D eigenvalue weighted by Gasteiger charge is -1.97. The summed E-state index contributed by atoms with van der Waals surface area (Å²) in [7, 11) is 0. The van der Waals surface area contributed by atoms with Crippen LogP contribution in [-0.4, -0.2) is 11.0 Å². The van der Waals surface area contributed by atoms with Crippen molar-refractivity contribution in [2.45, 2.75) is 6.54 Å². The molecule has 0 atom stereocenters. The molecule has 1 aromatic rings. The first kappa shape index (κ1) is 6.34.